The van der Waals surface area contributed by atoms with Crippen molar-refractivity contribution in [3.63, 3.8) is 0 Å². The Balaban J connectivity index is 1.78. The van der Waals surface area contributed by atoms with E-state index >= 15 is 0 Å². The Labute approximate surface area is 188 Å². The molecular formula is C24H24F3NO3S. The fourth-order valence-electron chi connectivity index (χ4n) is 3.25. The van der Waals surface area contributed by atoms with E-state index in [4.69, 9.17) is 14.8 Å². The average Bonchev–Trinajstić information content (AvgIpc) is 3.17. The molecule has 0 radical (unpaired) electrons. The molecule has 1 aromatic heterocycles. The molecule has 4 nitrogen and oxygen atoms in total. The molecule has 0 fully saturated rings. The van der Waals surface area contributed by atoms with E-state index < -0.39 is 17.7 Å². The monoisotopic (exact) mass is 463 g/mol. The molecule has 0 aliphatic carbocycles. The van der Waals surface area contributed by atoms with Crippen molar-refractivity contribution < 1.29 is 27.8 Å². The lowest BCUT2D eigenvalue weighted by Gasteiger charge is -2.15. The first kappa shape index (κ1) is 23.8. The van der Waals surface area contributed by atoms with Crippen molar-refractivity contribution in [2.45, 2.75) is 45.2 Å². The minimum Gasteiger partial charge on any atom is -0.493 e. The summed E-state index contributed by atoms with van der Waals surface area (Å²) in [5.41, 5.74) is 1.52. The highest BCUT2D eigenvalue weighted by atomic mass is 32.1. The predicted molar refractivity (Wildman–Crippen MR) is 118 cm³/mol. The molecule has 2 aromatic carbocycles. The summed E-state index contributed by atoms with van der Waals surface area (Å²) < 4.78 is 44.5. The van der Waals surface area contributed by atoms with Crippen LogP contribution in [0.4, 0.5) is 13.2 Å². The number of carboxylic acid groups (broad SMARTS) is 1. The van der Waals surface area contributed by atoms with Gasteiger partial charge in [0.1, 0.15) is 10.8 Å². The number of rotatable bonds is 8. The lowest BCUT2D eigenvalue weighted by molar-refractivity contribution is -0.138. The lowest BCUT2D eigenvalue weighted by atomic mass is 10.0. The quantitative estimate of drug-likeness (QED) is 0.401. The number of carbonyl (C=O) groups is 1. The van der Waals surface area contributed by atoms with Crippen LogP contribution in [0.15, 0.2) is 48.5 Å². The summed E-state index contributed by atoms with van der Waals surface area (Å²) in [6.07, 6.45) is -4.45. The van der Waals surface area contributed by atoms with Crippen molar-refractivity contribution in [1.82, 2.24) is 4.98 Å². The van der Waals surface area contributed by atoms with Crippen molar-refractivity contribution in [2.24, 2.45) is 0 Å². The Morgan fingerprint density at radius 1 is 1.12 bits per heavy atom. The van der Waals surface area contributed by atoms with E-state index in [0.717, 1.165) is 22.7 Å². The van der Waals surface area contributed by atoms with Gasteiger partial charge in [0.15, 0.2) is 0 Å². The zero-order valence-electron chi connectivity index (χ0n) is 17.9. The molecule has 1 N–H and O–H groups in total. The Kier molecular flexibility index (Phi) is 7.23. The molecule has 0 saturated carbocycles. The first-order chi connectivity index (χ1) is 15.0. The molecule has 0 aliphatic heterocycles. The van der Waals surface area contributed by atoms with Gasteiger partial charge < -0.3 is 9.84 Å². The predicted octanol–water partition coefficient (Wildman–Crippen LogP) is 6.76. The second kappa shape index (κ2) is 9.73. The van der Waals surface area contributed by atoms with Crippen LogP contribution in [0.3, 0.4) is 0 Å². The van der Waals surface area contributed by atoms with E-state index in [9.17, 15) is 18.0 Å². The first-order valence-electron chi connectivity index (χ1n) is 10.2. The highest BCUT2D eigenvalue weighted by molar-refractivity contribution is 7.15. The number of aromatic nitrogens is 1. The topological polar surface area (TPSA) is 59.4 Å². The summed E-state index contributed by atoms with van der Waals surface area (Å²) in [6, 6.07) is 12.0. The number of hydrogen-bond donors (Lipinski definition) is 1. The SMILES string of the molecule is CC(C)c1nc(-c2ccc(C(F)(F)F)cc2)sc1[C@@H](C)COc1cccc(CC(=O)O)c1. The van der Waals surface area contributed by atoms with Gasteiger partial charge in [0, 0.05) is 16.4 Å². The van der Waals surface area contributed by atoms with E-state index in [2.05, 4.69) is 0 Å². The summed E-state index contributed by atoms with van der Waals surface area (Å²) in [5, 5.41) is 9.63. The van der Waals surface area contributed by atoms with Crippen LogP contribution in [-0.2, 0) is 17.4 Å². The van der Waals surface area contributed by atoms with Crippen LogP contribution in [0.5, 0.6) is 5.75 Å². The number of thiazole rings is 1. The largest absolute Gasteiger partial charge is 0.493 e. The van der Waals surface area contributed by atoms with Crippen LogP contribution < -0.4 is 4.74 Å². The molecule has 32 heavy (non-hydrogen) atoms. The van der Waals surface area contributed by atoms with Crippen molar-refractivity contribution in [3.8, 4) is 16.3 Å². The molecule has 3 rings (SSSR count). The summed E-state index contributed by atoms with van der Waals surface area (Å²) in [6.45, 7) is 6.43. The van der Waals surface area contributed by atoms with E-state index in [0.29, 0.717) is 28.5 Å². The van der Waals surface area contributed by atoms with Crippen LogP contribution >= 0.6 is 11.3 Å². The summed E-state index contributed by atoms with van der Waals surface area (Å²) in [4.78, 5) is 16.7. The third-order valence-electron chi connectivity index (χ3n) is 4.89. The summed E-state index contributed by atoms with van der Waals surface area (Å²) in [7, 11) is 0. The Morgan fingerprint density at radius 2 is 1.81 bits per heavy atom. The van der Waals surface area contributed by atoms with Gasteiger partial charge in [-0.25, -0.2) is 4.98 Å². The first-order valence-corrected chi connectivity index (χ1v) is 11.0. The minimum atomic E-state index is -4.37. The number of benzene rings is 2. The molecule has 0 bridgehead atoms. The molecule has 8 heteroatoms. The van der Waals surface area contributed by atoms with Crippen LogP contribution in [-0.4, -0.2) is 22.7 Å². The van der Waals surface area contributed by atoms with Gasteiger partial charge in [-0.2, -0.15) is 13.2 Å². The lowest BCUT2D eigenvalue weighted by Crippen LogP contribution is -2.09. The van der Waals surface area contributed by atoms with Crippen molar-refractivity contribution in [3.05, 3.63) is 70.2 Å². The molecule has 0 amide bonds. The van der Waals surface area contributed by atoms with Gasteiger partial charge in [0.2, 0.25) is 0 Å². The molecule has 170 valence electrons. The number of halogens is 3. The van der Waals surface area contributed by atoms with Gasteiger partial charge in [-0.05, 0) is 35.7 Å². The minimum absolute atomic E-state index is 0.00349. The number of alkyl halides is 3. The van der Waals surface area contributed by atoms with Crippen LogP contribution in [0.1, 0.15) is 54.3 Å². The highest BCUT2D eigenvalue weighted by Gasteiger charge is 2.30. The van der Waals surface area contributed by atoms with E-state index in [-0.39, 0.29) is 18.3 Å². The van der Waals surface area contributed by atoms with Gasteiger partial charge in [-0.15, -0.1) is 11.3 Å². The zero-order chi connectivity index (χ0) is 23.5. The number of hydrogen-bond acceptors (Lipinski definition) is 4. The maximum Gasteiger partial charge on any atom is 0.416 e. The Morgan fingerprint density at radius 3 is 2.41 bits per heavy atom. The van der Waals surface area contributed by atoms with Gasteiger partial charge in [0.05, 0.1) is 24.3 Å². The zero-order valence-corrected chi connectivity index (χ0v) is 18.8. The third-order valence-corrected chi connectivity index (χ3v) is 6.24. The fraction of sp³-hybridized carbons (Fsp3) is 0.333. The van der Waals surface area contributed by atoms with E-state index in [1.807, 2.05) is 20.8 Å². The van der Waals surface area contributed by atoms with Crippen molar-refractivity contribution in [1.29, 1.82) is 0 Å². The molecule has 1 atom stereocenters. The number of ether oxygens (including phenoxy) is 1. The van der Waals surface area contributed by atoms with Crippen molar-refractivity contribution in [2.75, 3.05) is 6.61 Å². The highest BCUT2D eigenvalue weighted by Crippen LogP contribution is 2.38. The van der Waals surface area contributed by atoms with Crippen LogP contribution in [0.2, 0.25) is 0 Å². The van der Waals surface area contributed by atoms with Gasteiger partial charge >= 0.3 is 12.1 Å². The number of carboxylic acids is 1. The molecule has 0 unspecified atom stereocenters. The van der Waals surface area contributed by atoms with Gasteiger partial charge in [-0.1, -0.05) is 45.0 Å². The Hall–Kier alpha value is -2.87. The maximum atomic E-state index is 12.9. The molecule has 0 aliphatic rings. The fourth-order valence-corrected chi connectivity index (χ4v) is 4.51. The average molecular weight is 464 g/mol. The number of nitrogens with zero attached hydrogens (tertiary/aromatic N) is 1. The molecule has 1 heterocycles. The maximum absolute atomic E-state index is 12.9. The van der Waals surface area contributed by atoms with Gasteiger partial charge in [-0.3, -0.25) is 4.79 Å². The smallest absolute Gasteiger partial charge is 0.416 e. The second-order valence-electron chi connectivity index (χ2n) is 7.93. The van der Waals surface area contributed by atoms with Crippen LogP contribution in [0.25, 0.3) is 10.6 Å². The second-order valence-corrected chi connectivity index (χ2v) is 8.96. The molecular weight excluding hydrogens is 439 g/mol. The van der Waals surface area contributed by atoms with Gasteiger partial charge in [0.25, 0.3) is 0 Å². The summed E-state index contributed by atoms with van der Waals surface area (Å²) >= 11 is 1.46. The van der Waals surface area contributed by atoms with Crippen LogP contribution in [0, 0.1) is 0 Å². The number of aliphatic carboxylic acids is 1. The molecule has 0 spiro atoms. The van der Waals surface area contributed by atoms with E-state index in [1.165, 1.54) is 23.5 Å². The Bertz CT molecular complexity index is 1070. The van der Waals surface area contributed by atoms with E-state index in [1.54, 1.807) is 24.3 Å². The normalized spacial score (nSPS) is 12.7. The molecule has 3 aromatic rings. The third kappa shape index (κ3) is 5.88. The molecule has 0 saturated heterocycles. The summed E-state index contributed by atoms with van der Waals surface area (Å²) in [5.74, 6) is -0.172. The standard InChI is InChI=1S/C24H24F3NO3S/c1-14(2)21-22(15(3)13-31-19-6-4-5-16(11-19)12-20(29)30)32-23(28-21)17-7-9-18(10-8-17)24(25,26)27/h4-11,14-15H,12-13H2,1-3H3,(H,29,30)/t15-/m0/s1. The van der Waals surface area contributed by atoms with Crippen molar-refractivity contribution >= 4 is 17.3 Å².